The minimum atomic E-state index is -1.20. The molecule has 2 heterocycles. The van der Waals surface area contributed by atoms with E-state index in [0.29, 0.717) is 5.56 Å². The molecule has 9 nitrogen and oxygen atoms in total. The van der Waals surface area contributed by atoms with Crippen molar-refractivity contribution < 1.29 is 42.9 Å². The minimum Gasteiger partial charge on any atom is -0.463 e. The van der Waals surface area contributed by atoms with Crippen LogP contribution in [0.15, 0.2) is 47.4 Å². The highest BCUT2D eigenvalue weighted by Gasteiger charge is 2.52. The number of carbonyl (C=O) groups is 4. The van der Waals surface area contributed by atoms with E-state index in [1.807, 2.05) is 25.1 Å². The van der Waals surface area contributed by atoms with E-state index in [1.54, 1.807) is 11.8 Å². The normalized spacial score (nSPS) is 25.8. The Labute approximate surface area is 231 Å². The Bertz CT molecular complexity index is 1240. The van der Waals surface area contributed by atoms with Crippen molar-refractivity contribution in [2.75, 3.05) is 12.4 Å². The molecule has 1 saturated heterocycles. The van der Waals surface area contributed by atoms with Gasteiger partial charge in [-0.05, 0) is 29.7 Å². The first-order valence-corrected chi connectivity index (χ1v) is 13.7. The van der Waals surface area contributed by atoms with Crippen molar-refractivity contribution >= 4 is 35.6 Å². The molecule has 39 heavy (non-hydrogen) atoms. The van der Waals surface area contributed by atoms with Crippen LogP contribution in [0.1, 0.15) is 62.0 Å². The van der Waals surface area contributed by atoms with Crippen molar-refractivity contribution in [3.63, 3.8) is 0 Å². The Morgan fingerprint density at radius 1 is 0.795 bits per heavy atom. The molecule has 2 aromatic carbocycles. The SMILES string of the molecule is CC(=O)OCC1OC(c2ccc3c(c2)[C@H](c2ccc(C)cc2)CS3)C(OC(C)=O)C(OC(C)=O)C1OC(C)=O. The molecule has 0 N–H and O–H groups in total. The highest BCUT2D eigenvalue weighted by atomic mass is 32.2. The van der Waals surface area contributed by atoms with Gasteiger partial charge in [-0.25, -0.2) is 0 Å². The molecule has 0 spiro atoms. The monoisotopic (exact) mass is 556 g/mol. The van der Waals surface area contributed by atoms with E-state index in [-0.39, 0.29) is 12.5 Å². The van der Waals surface area contributed by atoms with Crippen LogP contribution >= 0.6 is 11.8 Å². The largest absolute Gasteiger partial charge is 0.463 e. The van der Waals surface area contributed by atoms with Gasteiger partial charge in [-0.15, -0.1) is 11.8 Å². The lowest BCUT2D eigenvalue weighted by Gasteiger charge is -2.44. The predicted octanol–water partition coefficient (Wildman–Crippen LogP) is 4.03. The van der Waals surface area contributed by atoms with Gasteiger partial charge >= 0.3 is 23.9 Å². The topological polar surface area (TPSA) is 114 Å². The lowest BCUT2D eigenvalue weighted by Crippen LogP contribution is -2.59. The molecule has 2 aliphatic rings. The fourth-order valence-corrected chi connectivity index (χ4v) is 6.23. The van der Waals surface area contributed by atoms with E-state index in [2.05, 4.69) is 24.3 Å². The fourth-order valence-electron chi connectivity index (χ4n) is 4.98. The smallest absolute Gasteiger partial charge is 0.303 e. The summed E-state index contributed by atoms with van der Waals surface area (Å²) in [5, 5.41) is 0. The average molecular weight is 557 g/mol. The summed E-state index contributed by atoms with van der Waals surface area (Å²) in [6, 6.07) is 14.3. The van der Waals surface area contributed by atoms with Crippen LogP contribution in [0.5, 0.6) is 0 Å². The maximum atomic E-state index is 12.2. The van der Waals surface area contributed by atoms with Gasteiger partial charge in [0.05, 0.1) is 0 Å². The third kappa shape index (κ3) is 6.80. The Morgan fingerprint density at radius 3 is 2.00 bits per heavy atom. The van der Waals surface area contributed by atoms with Gasteiger partial charge in [-0.2, -0.15) is 0 Å². The average Bonchev–Trinajstić information content (AvgIpc) is 3.28. The first-order valence-electron chi connectivity index (χ1n) is 12.7. The number of carbonyl (C=O) groups excluding carboxylic acids is 4. The van der Waals surface area contributed by atoms with E-state index in [1.165, 1.54) is 38.8 Å². The summed E-state index contributed by atoms with van der Waals surface area (Å²) in [5.74, 6) is -1.48. The van der Waals surface area contributed by atoms with Crippen LogP contribution in [0.4, 0.5) is 0 Å². The first-order chi connectivity index (χ1) is 18.5. The fraction of sp³-hybridized carbons (Fsp3) is 0.448. The molecular weight excluding hydrogens is 524 g/mol. The van der Waals surface area contributed by atoms with Crippen molar-refractivity contribution in [2.45, 2.75) is 76.0 Å². The Morgan fingerprint density at radius 2 is 1.38 bits per heavy atom. The molecule has 5 unspecified atom stereocenters. The van der Waals surface area contributed by atoms with Gasteiger partial charge in [0, 0.05) is 44.3 Å². The molecule has 0 amide bonds. The Hall–Kier alpha value is -3.37. The molecule has 0 saturated carbocycles. The molecule has 6 atom stereocenters. The third-order valence-corrected chi connectivity index (χ3v) is 7.80. The second-order valence-electron chi connectivity index (χ2n) is 9.69. The molecule has 0 aromatic heterocycles. The Balaban J connectivity index is 1.76. The molecule has 2 aromatic rings. The van der Waals surface area contributed by atoms with Crippen molar-refractivity contribution in [1.29, 1.82) is 0 Å². The number of benzene rings is 2. The summed E-state index contributed by atoms with van der Waals surface area (Å²) in [6.45, 7) is 6.67. The first kappa shape index (κ1) is 28.6. The summed E-state index contributed by atoms with van der Waals surface area (Å²) in [7, 11) is 0. The number of rotatable bonds is 7. The summed E-state index contributed by atoms with van der Waals surface area (Å²) in [6.07, 6.45) is -5.41. The lowest BCUT2D eigenvalue weighted by molar-refractivity contribution is -0.254. The summed E-state index contributed by atoms with van der Waals surface area (Å²) >= 11 is 1.76. The van der Waals surface area contributed by atoms with Crippen LogP contribution < -0.4 is 0 Å². The van der Waals surface area contributed by atoms with Crippen LogP contribution in [-0.4, -0.2) is 60.7 Å². The molecule has 10 heteroatoms. The van der Waals surface area contributed by atoms with E-state index >= 15 is 0 Å². The molecule has 0 radical (unpaired) electrons. The lowest BCUT2D eigenvalue weighted by atomic mass is 9.87. The number of aryl methyl sites for hydroxylation is 1. The van der Waals surface area contributed by atoms with Gasteiger partial charge in [-0.3, -0.25) is 19.2 Å². The molecule has 208 valence electrons. The highest BCUT2D eigenvalue weighted by Crippen LogP contribution is 2.46. The zero-order valence-corrected chi connectivity index (χ0v) is 23.3. The Kier molecular flexibility index (Phi) is 8.97. The van der Waals surface area contributed by atoms with Crippen LogP contribution in [0.3, 0.4) is 0 Å². The summed E-state index contributed by atoms with van der Waals surface area (Å²) in [4.78, 5) is 49.1. The number of hydrogen-bond acceptors (Lipinski definition) is 10. The second kappa shape index (κ2) is 12.2. The van der Waals surface area contributed by atoms with Gasteiger partial charge in [0.25, 0.3) is 0 Å². The van der Waals surface area contributed by atoms with Crippen molar-refractivity contribution in [3.05, 3.63) is 64.7 Å². The molecule has 0 bridgehead atoms. The van der Waals surface area contributed by atoms with Gasteiger partial charge in [0.15, 0.2) is 18.3 Å². The van der Waals surface area contributed by atoms with Gasteiger partial charge in [0.1, 0.15) is 18.8 Å². The van der Waals surface area contributed by atoms with Crippen molar-refractivity contribution in [3.8, 4) is 0 Å². The highest BCUT2D eigenvalue weighted by molar-refractivity contribution is 7.99. The van der Waals surface area contributed by atoms with Crippen LogP contribution in [0.25, 0.3) is 0 Å². The van der Waals surface area contributed by atoms with E-state index in [0.717, 1.165) is 16.2 Å². The number of thioether (sulfide) groups is 1. The van der Waals surface area contributed by atoms with Gasteiger partial charge in [0.2, 0.25) is 0 Å². The molecule has 2 aliphatic heterocycles. The molecule has 0 aliphatic carbocycles. The predicted molar refractivity (Wildman–Crippen MR) is 141 cm³/mol. The number of hydrogen-bond donors (Lipinski definition) is 0. The third-order valence-electron chi connectivity index (χ3n) is 6.61. The van der Waals surface area contributed by atoms with E-state index in [4.69, 9.17) is 23.7 Å². The van der Waals surface area contributed by atoms with Gasteiger partial charge < -0.3 is 23.7 Å². The number of ether oxygens (including phenoxy) is 5. The van der Waals surface area contributed by atoms with Crippen LogP contribution in [0.2, 0.25) is 0 Å². The van der Waals surface area contributed by atoms with Gasteiger partial charge in [-0.1, -0.05) is 42.0 Å². The minimum absolute atomic E-state index is 0.149. The quantitative estimate of drug-likeness (QED) is 0.366. The van der Waals surface area contributed by atoms with E-state index in [9.17, 15) is 19.2 Å². The van der Waals surface area contributed by atoms with Crippen LogP contribution in [0, 0.1) is 6.92 Å². The zero-order chi connectivity index (χ0) is 28.3. The van der Waals surface area contributed by atoms with Crippen molar-refractivity contribution in [2.24, 2.45) is 0 Å². The summed E-state index contributed by atoms with van der Waals surface area (Å²) < 4.78 is 28.3. The molecule has 4 rings (SSSR count). The maximum absolute atomic E-state index is 12.2. The molecular formula is C29H32O9S. The zero-order valence-electron chi connectivity index (χ0n) is 22.5. The molecule has 1 fully saturated rings. The number of esters is 4. The standard InChI is InChI=1S/C29H32O9S/c1-15-6-8-20(9-7-15)23-14-39-25-11-10-21(12-22(23)25)26-28(36-18(4)32)29(37-19(5)33)27(35-17(3)31)24(38-26)13-34-16(2)30/h6-12,23-24,26-29H,13-14H2,1-5H3/t23-,24?,26?,27?,28?,29?/m0/s1. The number of fused-ring (bicyclic) bond motifs is 1. The second-order valence-corrected chi connectivity index (χ2v) is 10.8. The summed E-state index contributed by atoms with van der Waals surface area (Å²) in [5.41, 5.74) is 4.15. The van der Waals surface area contributed by atoms with Crippen LogP contribution in [-0.2, 0) is 42.9 Å². The van der Waals surface area contributed by atoms with Crippen molar-refractivity contribution in [1.82, 2.24) is 0 Å². The maximum Gasteiger partial charge on any atom is 0.303 e. The van der Waals surface area contributed by atoms with E-state index < -0.39 is 54.4 Å².